The molecule has 2 aromatic carbocycles. The Labute approximate surface area is 184 Å². The first-order valence-electron chi connectivity index (χ1n) is 8.79. The summed E-state index contributed by atoms with van der Waals surface area (Å²) in [7, 11) is -3.46. The third kappa shape index (κ3) is 6.68. The van der Waals surface area contributed by atoms with Crippen molar-refractivity contribution in [2.24, 2.45) is 0 Å². The molecule has 0 unspecified atom stereocenters. The van der Waals surface area contributed by atoms with Crippen LogP contribution in [0.4, 0.5) is 0 Å². The van der Waals surface area contributed by atoms with Gasteiger partial charge in [0.2, 0.25) is 10.0 Å². The highest BCUT2D eigenvalue weighted by Crippen LogP contribution is 2.22. The van der Waals surface area contributed by atoms with Crippen molar-refractivity contribution < 1.29 is 28.2 Å². The van der Waals surface area contributed by atoms with Crippen LogP contribution in [-0.2, 0) is 26.2 Å². The van der Waals surface area contributed by atoms with E-state index in [0.717, 1.165) is 17.1 Å². The van der Waals surface area contributed by atoms with Gasteiger partial charge in [0.25, 0.3) is 0 Å². The number of piperazine rings is 1. The number of nitrogens with zero attached hydrogens (tertiary/aromatic N) is 2. The Kier molecular flexibility index (Phi) is 8.63. The van der Waals surface area contributed by atoms with Gasteiger partial charge in [-0.05, 0) is 35.9 Å². The first-order chi connectivity index (χ1) is 14.1. The largest absolute Gasteiger partial charge is 0.473 e. The van der Waals surface area contributed by atoms with Gasteiger partial charge in [-0.25, -0.2) is 18.0 Å². The number of carbonyl (C=O) groups is 2. The van der Waals surface area contributed by atoms with Gasteiger partial charge in [-0.15, -0.1) is 0 Å². The van der Waals surface area contributed by atoms with Crippen LogP contribution < -0.4 is 0 Å². The van der Waals surface area contributed by atoms with Crippen LogP contribution in [0, 0.1) is 0 Å². The second-order valence-electron chi connectivity index (χ2n) is 6.34. The third-order valence-electron chi connectivity index (χ3n) is 4.32. The summed E-state index contributed by atoms with van der Waals surface area (Å²) >= 11 is 12.0. The summed E-state index contributed by atoms with van der Waals surface area (Å²) in [5.41, 5.74) is 1.06. The van der Waals surface area contributed by atoms with Crippen LogP contribution >= 0.6 is 23.2 Å². The zero-order valence-electron chi connectivity index (χ0n) is 15.7. The fourth-order valence-corrected chi connectivity index (χ4v) is 4.49. The summed E-state index contributed by atoms with van der Waals surface area (Å²) in [6, 6.07) is 14.0. The van der Waals surface area contributed by atoms with E-state index in [1.54, 1.807) is 24.3 Å². The van der Waals surface area contributed by atoms with Crippen molar-refractivity contribution in [3.8, 4) is 0 Å². The quantitative estimate of drug-likeness (QED) is 0.654. The summed E-state index contributed by atoms with van der Waals surface area (Å²) in [6.07, 6.45) is 0. The average Bonchev–Trinajstić information content (AvgIpc) is 2.71. The van der Waals surface area contributed by atoms with Crippen LogP contribution in [0.3, 0.4) is 0 Å². The lowest BCUT2D eigenvalue weighted by molar-refractivity contribution is -0.159. The molecular weight excluding hydrogens is 455 g/mol. The summed E-state index contributed by atoms with van der Waals surface area (Å²) in [5.74, 6) is -3.65. The highest BCUT2D eigenvalue weighted by atomic mass is 35.5. The standard InChI is InChI=1S/C17H18Cl2N2O2S.C2H2O4/c18-15-5-7-16(8-6-15)24(22,23)21-11-9-20(10-12-21)13-14-3-1-2-4-17(14)19;3-1(4)2(5)6/h1-8H,9-13H2;(H,3,4)(H,5,6). The molecule has 30 heavy (non-hydrogen) atoms. The van der Waals surface area contributed by atoms with E-state index in [9.17, 15) is 8.42 Å². The smallest absolute Gasteiger partial charge is 0.414 e. The molecule has 11 heteroatoms. The molecule has 2 aromatic rings. The van der Waals surface area contributed by atoms with Crippen molar-refractivity contribution in [3.63, 3.8) is 0 Å². The average molecular weight is 475 g/mol. The van der Waals surface area contributed by atoms with Crippen LogP contribution in [0.25, 0.3) is 0 Å². The monoisotopic (exact) mass is 474 g/mol. The fourth-order valence-electron chi connectivity index (χ4n) is 2.75. The fraction of sp³-hybridized carbons (Fsp3) is 0.263. The lowest BCUT2D eigenvalue weighted by Crippen LogP contribution is -2.48. The van der Waals surface area contributed by atoms with Gasteiger partial charge in [-0.1, -0.05) is 41.4 Å². The maximum Gasteiger partial charge on any atom is 0.414 e. The van der Waals surface area contributed by atoms with Gasteiger partial charge in [0.1, 0.15) is 0 Å². The summed E-state index contributed by atoms with van der Waals surface area (Å²) in [4.78, 5) is 20.7. The predicted octanol–water partition coefficient (Wildman–Crippen LogP) is 2.66. The molecule has 1 aliphatic rings. The summed E-state index contributed by atoms with van der Waals surface area (Å²) in [6.45, 7) is 3.02. The molecule has 2 N–H and O–H groups in total. The maximum atomic E-state index is 12.7. The summed E-state index contributed by atoms with van der Waals surface area (Å²) in [5, 5.41) is 16.1. The molecule has 162 valence electrons. The Morgan fingerprint density at radius 2 is 1.40 bits per heavy atom. The van der Waals surface area contributed by atoms with Crippen molar-refractivity contribution in [1.29, 1.82) is 0 Å². The molecule has 0 saturated carbocycles. The lowest BCUT2D eigenvalue weighted by atomic mass is 10.2. The van der Waals surface area contributed by atoms with Gasteiger partial charge in [-0.3, -0.25) is 4.90 Å². The van der Waals surface area contributed by atoms with Crippen molar-refractivity contribution in [1.82, 2.24) is 9.21 Å². The molecule has 1 fully saturated rings. The Morgan fingerprint density at radius 1 is 0.867 bits per heavy atom. The predicted molar refractivity (Wildman–Crippen MR) is 112 cm³/mol. The Balaban J connectivity index is 0.000000469. The van der Waals surface area contributed by atoms with Gasteiger partial charge in [0.05, 0.1) is 4.90 Å². The number of hydrogen-bond donors (Lipinski definition) is 2. The second-order valence-corrected chi connectivity index (χ2v) is 9.12. The number of aliphatic carboxylic acids is 2. The number of hydrogen-bond acceptors (Lipinski definition) is 5. The van der Waals surface area contributed by atoms with Crippen molar-refractivity contribution in [2.75, 3.05) is 26.2 Å². The van der Waals surface area contributed by atoms with E-state index in [0.29, 0.717) is 31.2 Å². The first-order valence-corrected chi connectivity index (χ1v) is 11.0. The van der Waals surface area contributed by atoms with Gasteiger partial charge < -0.3 is 10.2 Å². The number of sulfonamides is 1. The molecule has 0 amide bonds. The van der Waals surface area contributed by atoms with E-state index < -0.39 is 22.0 Å². The minimum absolute atomic E-state index is 0.284. The van der Waals surface area contributed by atoms with E-state index >= 15 is 0 Å². The minimum Gasteiger partial charge on any atom is -0.473 e. The SMILES string of the molecule is O=C(O)C(=O)O.O=S(=O)(c1ccc(Cl)cc1)N1CCN(Cc2ccccc2Cl)CC1. The molecule has 8 nitrogen and oxygen atoms in total. The summed E-state index contributed by atoms with van der Waals surface area (Å²) < 4.78 is 26.8. The molecule has 1 heterocycles. The first kappa shape index (κ1) is 24.1. The molecule has 0 radical (unpaired) electrons. The Hall–Kier alpha value is -2.17. The Morgan fingerprint density at radius 3 is 1.90 bits per heavy atom. The molecule has 3 rings (SSSR count). The van der Waals surface area contributed by atoms with Gasteiger partial charge in [-0.2, -0.15) is 4.31 Å². The van der Waals surface area contributed by atoms with Crippen LogP contribution in [0.2, 0.25) is 10.0 Å². The Bertz CT molecular complexity index is 978. The number of halogens is 2. The van der Waals surface area contributed by atoms with Gasteiger partial charge in [0.15, 0.2) is 0 Å². The number of rotatable bonds is 4. The molecule has 0 aromatic heterocycles. The van der Waals surface area contributed by atoms with Crippen LogP contribution in [0.5, 0.6) is 0 Å². The third-order valence-corrected chi connectivity index (χ3v) is 6.85. The topological polar surface area (TPSA) is 115 Å². The van der Waals surface area contributed by atoms with Crippen LogP contribution in [-0.4, -0.2) is 66.0 Å². The molecule has 1 aliphatic heterocycles. The van der Waals surface area contributed by atoms with Crippen LogP contribution in [0.15, 0.2) is 53.4 Å². The van der Waals surface area contributed by atoms with Gasteiger partial charge in [0, 0.05) is 42.8 Å². The van der Waals surface area contributed by atoms with Gasteiger partial charge >= 0.3 is 11.9 Å². The van der Waals surface area contributed by atoms with E-state index in [4.69, 9.17) is 43.0 Å². The normalized spacial score (nSPS) is 15.1. The number of benzene rings is 2. The maximum absolute atomic E-state index is 12.7. The zero-order valence-corrected chi connectivity index (χ0v) is 18.1. The van der Waals surface area contributed by atoms with E-state index in [1.807, 2.05) is 24.3 Å². The zero-order chi connectivity index (χ0) is 22.3. The highest BCUT2D eigenvalue weighted by Gasteiger charge is 2.28. The van der Waals surface area contributed by atoms with Crippen molar-refractivity contribution >= 4 is 45.2 Å². The van der Waals surface area contributed by atoms with E-state index in [-0.39, 0.29) is 4.90 Å². The molecular formula is C19H20Cl2N2O6S. The molecule has 0 atom stereocenters. The molecule has 0 aliphatic carbocycles. The second kappa shape index (κ2) is 10.7. The van der Waals surface area contributed by atoms with Crippen LogP contribution in [0.1, 0.15) is 5.56 Å². The number of carboxylic acids is 2. The van der Waals surface area contributed by atoms with E-state index in [2.05, 4.69) is 4.90 Å². The molecule has 1 saturated heterocycles. The molecule has 0 bridgehead atoms. The van der Waals surface area contributed by atoms with Crippen molar-refractivity contribution in [2.45, 2.75) is 11.4 Å². The lowest BCUT2D eigenvalue weighted by Gasteiger charge is -2.34. The van der Waals surface area contributed by atoms with Crippen molar-refractivity contribution in [3.05, 3.63) is 64.1 Å². The highest BCUT2D eigenvalue weighted by molar-refractivity contribution is 7.89. The van der Waals surface area contributed by atoms with E-state index in [1.165, 1.54) is 4.31 Å². The molecule has 0 spiro atoms. The minimum atomic E-state index is -3.46. The number of carboxylic acid groups (broad SMARTS) is 2.